The Labute approximate surface area is 212 Å². The quantitative estimate of drug-likeness (QED) is 0.353. The third kappa shape index (κ3) is 4.08. The van der Waals surface area contributed by atoms with Gasteiger partial charge in [-0.05, 0) is 65.9 Å². The Bertz CT molecular complexity index is 1670. The van der Waals surface area contributed by atoms with Crippen molar-refractivity contribution in [2.75, 3.05) is 31.0 Å². The van der Waals surface area contributed by atoms with Crippen LogP contribution in [-0.4, -0.2) is 41.2 Å². The van der Waals surface area contributed by atoms with Gasteiger partial charge in [-0.2, -0.15) is 0 Å². The first kappa shape index (κ1) is 22.8. The molecule has 0 aliphatic carbocycles. The lowest BCUT2D eigenvalue weighted by Crippen LogP contribution is -2.32. The first-order valence-corrected chi connectivity index (χ1v) is 11.9. The summed E-state index contributed by atoms with van der Waals surface area (Å²) < 4.78 is 26.4. The minimum Gasteiger partial charge on any atom is -0.493 e. The molecule has 2 aromatic heterocycles. The summed E-state index contributed by atoms with van der Waals surface area (Å²) in [6, 6.07) is 16.1. The third-order valence-electron chi connectivity index (χ3n) is 6.72. The molecule has 0 unspecified atom stereocenters. The zero-order valence-electron chi connectivity index (χ0n) is 20.4. The Morgan fingerprint density at radius 3 is 2.70 bits per heavy atom. The standard InChI is InChI=1S/C28H24FN5O3/c1-36-25-13-21-22(14-26(25)37-2)30-16-31-28(21)32-20-5-6-23-18(11-20)8-10-34(23)27(35)15-33-9-7-17-3-4-19(29)12-24(17)33/h3-7,9,11-14,16H,8,10,15H2,1-2H3,(H,30,31,32). The maximum absolute atomic E-state index is 13.7. The molecule has 0 saturated carbocycles. The molecule has 3 aromatic carbocycles. The second-order valence-electron chi connectivity index (χ2n) is 8.86. The molecule has 0 saturated heterocycles. The maximum atomic E-state index is 13.7. The van der Waals surface area contributed by atoms with Crippen LogP contribution in [0, 0.1) is 5.82 Å². The van der Waals surface area contributed by atoms with Gasteiger partial charge in [0.05, 0.1) is 25.3 Å². The van der Waals surface area contributed by atoms with E-state index in [1.54, 1.807) is 29.8 Å². The van der Waals surface area contributed by atoms with Gasteiger partial charge in [-0.25, -0.2) is 14.4 Å². The number of aromatic nitrogens is 3. The van der Waals surface area contributed by atoms with E-state index in [-0.39, 0.29) is 18.3 Å². The summed E-state index contributed by atoms with van der Waals surface area (Å²) in [5, 5.41) is 5.08. The lowest BCUT2D eigenvalue weighted by atomic mass is 10.1. The first-order valence-electron chi connectivity index (χ1n) is 11.9. The highest BCUT2D eigenvalue weighted by Gasteiger charge is 2.25. The number of hydrogen-bond donors (Lipinski definition) is 1. The number of nitrogens with zero attached hydrogens (tertiary/aromatic N) is 4. The Hall–Kier alpha value is -4.66. The SMILES string of the molecule is COc1cc2ncnc(Nc3ccc4c(c3)CCN4C(=O)Cn3ccc4ccc(F)cc43)c2cc1OC. The van der Waals surface area contributed by atoms with Gasteiger partial charge in [-0.3, -0.25) is 4.79 Å². The van der Waals surface area contributed by atoms with Crippen molar-refractivity contribution in [3.05, 3.63) is 78.5 Å². The van der Waals surface area contributed by atoms with Crippen LogP contribution in [0.5, 0.6) is 11.5 Å². The number of ether oxygens (including phenoxy) is 2. The van der Waals surface area contributed by atoms with Gasteiger partial charge in [0.2, 0.25) is 5.91 Å². The van der Waals surface area contributed by atoms with Gasteiger partial charge < -0.3 is 24.3 Å². The van der Waals surface area contributed by atoms with Crippen molar-refractivity contribution in [3.8, 4) is 11.5 Å². The number of carbonyl (C=O) groups is 1. The van der Waals surface area contributed by atoms with Crippen LogP contribution in [0.4, 0.5) is 21.6 Å². The van der Waals surface area contributed by atoms with Crippen LogP contribution >= 0.6 is 0 Å². The number of nitrogens with one attached hydrogen (secondary N) is 1. The maximum Gasteiger partial charge on any atom is 0.246 e. The van der Waals surface area contributed by atoms with E-state index in [0.717, 1.165) is 39.6 Å². The number of amides is 1. The molecule has 1 aliphatic rings. The fraction of sp³-hybridized carbons (Fsp3) is 0.179. The van der Waals surface area contributed by atoms with E-state index in [9.17, 15) is 9.18 Å². The van der Waals surface area contributed by atoms with Crippen molar-refractivity contribution in [3.63, 3.8) is 0 Å². The van der Waals surface area contributed by atoms with Gasteiger partial charge in [-0.15, -0.1) is 0 Å². The van der Waals surface area contributed by atoms with Crippen LogP contribution in [0.25, 0.3) is 21.8 Å². The molecular formula is C28H24FN5O3. The van der Waals surface area contributed by atoms with Gasteiger partial charge in [0.1, 0.15) is 24.5 Å². The van der Waals surface area contributed by atoms with E-state index in [0.29, 0.717) is 29.4 Å². The second-order valence-corrected chi connectivity index (χ2v) is 8.86. The summed E-state index contributed by atoms with van der Waals surface area (Å²) >= 11 is 0. The van der Waals surface area contributed by atoms with Crippen molar-refractivity contribution in [2.45, 2.75) is 13.0 Å². The number of rotatable bonds is 6. The zero-order valence-corrected chi connectivity index (χ0v) is 20.4. The molecule has 3 heterocycles. The predicted octanol–water partition coefficient (Wildman–Crippen LogP) is 5.07. The molecule has 0 spiro atoms. The summed E-state index contributed by atoms with van der Waals surface area (Å²) in [6.07, 6.45) is 4.07. The molecule has 9 heteroatoms. The molecular weight excluding hydrogens is 473 g/mol. The van der Waals surface area contributed by atoms with E-state index in [1.165, 1.54) is 18.5 Å². The second kappa shape index (κ2) is 9.09. The molecule has 1 N–H and O–H groups in total. The van der Waals surface area contributed by atoms with E-state index in [2.05, 4.69) is 15.3 Å². The van der Waals surface area contributed by atoms with Crippen molar-refractivity contribution in [1.29, 1.82) is 0 Å². The number of methoxy groups -OCH3 is 2. The molecule has 8 nitrogen and oxygen atoms in total. The monoisotopic (exact) mass is 497 g/mol. The molecule has 6 rings (SSSR count). The normalized spacial score (nSPS) is 12.7. The Balaban J connectivity index is 1.24. The van der Waals surface area contributed by atoms with E-state index >= 15 is 0 Å². The molecule has 0 fully saturated rings. The van der Waals surface area contributed by atoms with Gasteiger partial charge in [0, 0.05) is 35.6 Å². The molecule has 0 bridgehead atoms. The van der Waals surface area contributed by atoms with Gasteiger partial charge in [0.15, 0.2) is 11.5 Å². The van der Waals surface area contributed by atoms with Crippen LogP contribution in [0.2, 0.25) is 0 Å². The van der Waals surface area contributed by atoms with Crippen LogP contribution in [0.3, 0.4) is 0 Å². The summed E-state index contributed by atoms with van der Waals surface area (Å²) in [5.41, 5.74) is 4.25. The predicted molar refractivity (Wildman–Crippen MR) is 140 cm³/mol. The van der Waals surface area contributed by atoms with Crippen LogP contribution < -0.4 is 19.7 Å². The lowest BCUT2D eigenvalue weighted by molar-refractivity contribution is -0.119. The number of anilines is 3. The highest BCUT2D eigenvalue weighted by atomic mass is 19.1. The number of halogens is 1. The highest BCUT2D eigenvalue weighted by Crippen LogP contribution is 2.36. The van der Waals surface area contributed by atoms with Crippen molar-refractivity contribution in [1.82, 2.24) is 14.5 Å². The van der Waals surface area contributed by atoms with E-state index in [1.807, 2.05) is 42.6 Å². The average Bonchev–Trinajstić information content (AvgIpc) is 3.51. The molecule has 1 aliphatic heterocycles. The Morgan fingerprint density at radius 1 is 1.03 bits per heavy atom. The Morgan fingerprint density at radius 2 is 1.86 bits per heavy atom. The van der Waals surface area contributed by atoms with Gasteiger partial charge in [0.25, 0.3) is 0 Å². The number of carbonyl (C=O) groups excluding carboxylic acids is 1. The summed E-state index contributed by atoms with van der Waals surface area (Å²) in [4.78, 5) is 23.8. The topological polar surface area (TPSA) is 81.5 Å². The largest absolute Gasteiger partial charge is 0.493 e. The number of benzene rings is 3. The van der Waals surface area contributed by atoms with Crippen molar-refractivity contribution >= 4 is 44.9 Å². The minimum atomic E-state index is -0.319. The first-order chi connectivity index (χ1) is 18.0. The van der Waals surface area contributed by atoms with Crippen LogP contribution in [0.1, 0.15) is 5.56 Å². The summed E-state index contributed by atoms with van der Waals surface area (Å²) in [7, 11) is 3.17. The Kier molecular flexibility index (Phi) is 5.60. The molecule has 0 atom stereocenters. The smallest absolute Gasteiger partial charge is 0.246 e. The molecule has 5 aromatic rings. The van der Waals surface area contributed by atoms with E-state index < -0.39 is 0 Å². The molecule has 186 valence electrons. The number of fused-ring (bicyclic) bond motifs is 3. The average molecular weight is 498 g/mol. The fourth-order valence-corrected chi connectivity index (χ4v) is 4.88. The summed E-state index contributed by atoms with van der Waals surface area (Å²) in [5.74, 6) is 1.47. The molecule has 37 heavy (non-hydrogen) atoms. The van der Waals surface area contributed by atoms with E-state index in [4.69, 9.17) is 9.47 Å². The van der Waals surface area contributed by atoms with Crippen LogP contribution in [0.15, 0.2) is 67.1 Å². The van der Waals surface area contributed by atoms with Crippen molar-refractivity contribution < 1.29 is 18.7 Å². The van der Waals surface area contributed by atoms with Crippen LogP contribution in [-0.2, 0) is 17.8 Å². The minimum absolute atomic E-state index is 0.0379. The molecule has 1 amide bonds. The fourth-order valence-electron chi connectivity index (χ4n) is 4.88. The van der Waals surface area contributed by atoms with Gasteiger partial charge >= 0.3 is 0 Å². The third-order valence-corrected chi connectivity index (χ3v) is 6.72. The van der Waals surface area contributed by atoms with Crippen molar-refractivity contribution in [2.24, 2.45) is 0 Å². The highest BCUT2D eigenvalue weighted by molar-refractivity contribution is 5.97. The molecule has 0 radical (unpaired) electrons. The zero-order chi connectivity index (χ0) is 25.5. The lowest BCUT2D eigenvalue weighted by Gasteiger charge is -2.19. The summed E-state index contributed by atoms with van der Waals surface area (Å²) in [6.45, 7) is 0.739. The van der Waals surface area contributed by atoms with Gasteiger partial charge in [-0.1, -0.05) is 0 Å². The number of hydrogen-bond acceptors (Lipinski definition) is 6.